The van der Waals surface area contributed by atoms with Crippen molar-refractivity contribution in [3.05, 3.63) is 48.3 Å². The summed E-state index contributed by atoms with van der Waals surface area (Å²) in [6.45, 7) is 4.26. The van der Waals surface area contributed by atoms with Gasteiger partial charge in [-0.1, -0.05) is 6.07 Å². The molecule has 2 saturated heterocycles. The number of ether oxygens (including phenoxy) is 1. The number of piperidine rings is 1. The Labute approximate surface area is 179 Å². The van der Waals surface area contributed by atoms with Crippen molar-refractivity contribution in [2.24, 2.45) is 0 Å². The van der Waals surface area contributed by atoms with Gasteiger partial charge in [-0.2, -0.15) is 0 Å². The topological polar surface area (TPSA) is 92.6 Å². The van der Waals surface area contributed by atoms with E-state index in [0.29, 0.717) is 55.4 Å². The number of imidazole rings is 1. The molecule has 2 aliphatic heterocycles. The molecule has 0 unspecified atom stereocenters. The first-order valence-corrected chi connectivity index (χ1v) is 10.5. The third kappa shape index (κ3) is 3.98. The predicted octanol–water partition coefficient (Wildman–Crippen LogP) is 2.03. The van der Waals surface area contributed by atoms with E-state index in [1.54, 1.807) is 18.3 Å². The van der Waals surface area contributed by atoms with Crippen LogP contribution in [0, 0.1) is 0 Å². The number of rotatable bonds is 5. The fourth-order valence-electron chi connectivity index (χ4n) is 3.95. The van der Waals surface area contributed by atoms with Gasteiger partial charge in [-0.05, 0) is 44.2 Å². The largest absolute Gasteiger partial charge is 0.376 e. The Balaban J connectivity index is 1.37. The number of fused-ring (bicyclic) bond motifs is 1. The number of carbonyl (C=O) groups is 1. The van der Waals surface area contributed by atoms with Crippen LogP contribution in [-0.2, 0) is 4.74 Å². The summed E-state index contributed by atoms with van der Waals surface area (Å²) in [5.41, 5.74) is 2.39. The lowest BCUT2D eigenvalue weighted by Gasteiger charge is -2.38. The molecule has 5 heterocycles. The summed E-state index contributed by atoms with van der Waals surface area (Å²) in [5, 5.41) is 9.40. The molecule has 2 atom stereocenters. The van der Waals surface area contributed by atoms with Crippen LogP contribution in [0.4, 0.5) is 10.2 Å². The highest BCUT2D eigenvalue weighted by Crippen LogP contribution is 2.23. The van der Waals surface area contributed by atoms with Crippen molar-refractivity contribution < 1.29 is 13.9 Å². The molecule has 9 heteroatoms. The van der Waals surface area contributed by atoms with Crippen LogP contribution in [0.2, 0.25) is 0 Å². The minimum absolute atomic E-state index is 0.149. The molecule has 8 nitrogen and oxygen atoms in total. The van der Waals surface area contributed by atoms with Crippen molar-refractivity contribution in [1.82, 2.24) is 25.0 Å². The number of hydrogen-bond acceptors (Lipinski definition) is 6. The average molecular weight is 424 g/mol. The summed E-state index contributed by atoms with van der Waals surface area (Å²) in [7, 11) is 0. The maximum absolute atomic E-state index is 14.2. The van der Waals surface area contributed by atoms with Crippen LogP contribution >= 0.6 is 0 Å². The van der Waals surface area contributed by atoms with Gasteiger partial charge in [0, 0.05) is 18.3 Å². The number of nitrogens with one attached hydrogen (secondary N) is 3. The first-order chi connectivity index (χ1) is 15.0. The average Bonchev–Trinajstić information content (AvgIpc) is 3.18. The molecule has 162 valence electrons. The zero-order chi connectivity index (χ0) is 21.4. The normalized spacial score (nSPS) is 22.6. The molecule has 0 bridgehead atoms. The summed E-state index contributed by atoms with van der Waals surface area (Å²) in [5.74, 6) is 0.472. The SMILES string of the molecule is CC1(NC(=O)c2ccn3c(-c4cccc(N[C@H]5CNCC[C@@H]5F)n4)cnc3c2)COC1. The highest BCUT2D eigenvalue weighted by atomic mass is 19.1. The van der Waals surface area contributed by atoms with Gasteiger partial charge in [0.2, 0.25) is 0 Å². The smallest absolute Gasteiger partial charge is 0.252 e. The van der Waals surface area contributed by atoms with E-state index in [-0.39, 0.29) is 17.5 Å². The van der Waals surface area contributed by atoms with E-state index < -0.39 is 6.17 Å². The Kier molecular flexibility index (Phi) is 5.07. The predicted molar refractivity (Wildman–Crippen MR) is 115 cm³/mol. The van der Waals surface area contributed by atoms with Crippen LogP contribution in [0.5, 0.6) is 0 Å². The van der Waals surface area contributed by atoms with E-state index in [2.05, 4.69) is 25.9 Å². The number of nitrogens with zero attached hydrogens (tertiary/aromatic N) is 3. The minimum Gasteiger partial charge on any atom is -0.376 e. The number of carbonyl (C=O) groups excluding carboxylic acids is 1. The molecule has 31 heavy (non-hydrogen) atoms. The summed E-state index contributed by atoms with van der Waals surface area (Å²) in [6, 6.07) is 8.82. The second-order valence-corrected chi connectivity index (χ2v) is 8.46. The fraction of sp³-hybridized carbons (Fsp3) is 0.409. The number of anilines is 1. The zero-order valence-corrected chi connectivity index (χ0v) is 17.3. The molecule has 0 radical (unpaired) electrons. The van der Waals surface area contributed by atoms with Crippen LogP contribution in [0.15, 0.2) is 42.7 Å². The summed E-state index contributed by atoms with van der Waals surface area (Å²) in [4.78, 5) is 21.7. The lowest BCUT2D eigenvalue weighted by Crippen LogP contribution is -2.59. The molecule has 2 aliphatic rings. The second-order valence-electron chi connectivity index (χ2n) is 8.46. The molecule has 0 spiro atoms. The highest BCUT2D eigenvalue weighted by Gasteiger charge is 2.35. The third-order valence-electron chi connectivity index (χ3n) is 5.77. The maximum atomic E-state index is 14.2. The number of amides is 1. The number of halogens is 1. The molecule has 1 amide bonds. The van der Waals surface area contributed by atoms with E-state index >= 15 is 0 Å². The van der Waals surface area contributed by atoms with E-state index in [0.717, 1.165) is 5.69 Å². The summed E-state index contributed by atoms with van der Waals surface area (Å²) < 4.78 is 21.2. The van der Waals surface area contributed by atoms with Crippen LogP contribution in [0.1, 0.15) is 23.7 Å². The van der Waals surface area contributed by atoms with Crippen molar-refractivity contribution in [2.75, 3.05) is 31.6 Å². The fourth-order valence-corrected chi connectivity index (χ4v) is 3.95. The van der Waals surface area contributed by atoms with Gasteiger partial charge in [-0.3, -0.25) is 9.20 Å². The van der Waals surface area contributed by atoms with E-state index in [4.69, 9.17) is 4.74 Å². The molecule has 3 aromatic rings. The van der Waals surface area contributed by atoms with Crippen molar-refractivity contribution in [3.8, 4) is 11.4 Å². The standard InChI is InChI=1S/C22H25FN6O2/c1-22(12-31-13-22)28-21(30)14-6-8-29-18(11-25-20(29)9-14)16-3-2-4-19(26-16)27-17-10-24-7-5-15(17)23/h2-4,6,8-9,11,15,17,24H,5,7,10,12-13H2,1H3,(H,26,27)(H,28,30)/t15-,17-/m0/s1. The molecular weight excluding hydrogens is 399 g/mol. The van der Waals surface area contributed by atoms with E-state index in [1.807, 2.05) is 35.7 Å². The summed E-state index contributed by atoms with van der Waals surface area (Å²) >= 11 is 0. The molecule has 0 saturated carbocycles. The monoisotopic (exact) mass is 424 g/mol. The summed E-state index contributed by atoms with van der Waals surface area (Å²) in [6.07, 6.45) is 3.13. The van der Waals surface area contributed by atoms with Crippen molar-refractivity contribution in [3.63, 3.8) is 0 Å². The van der Waals surface area contributed by atoms with Gasteiger partial charge in [-0.15, -0.1) is 0 Å². The van der Waals surface area contributed by atoms with Crippen LogP contribution in [0.3, 0.4) is 0 Å². The Bertz CT molecular complexity index is 1110. The number of pyridine rings is 2. The number of aromatic nitrogens is 3. The highest BCUT2D eigenvalue weighted by molar-refractivity contribution is 5.95. The van der Waals surface area contributed by atoms with Crippen LogP contribution < -0.4 is 16.0 Å². The van der Waals surface area contributed by atoms with Crippen molar-refractivity contribution in [1.29, 1.82) is 0 Å². The van der Waals surface area contributed by atoms with Crippen LogP contribution in [0.25, 0.3) is 17.0 Å². The van der Waals surface area contributed by atoms with Gasteiger partial charge in [0.25, 0.3) is 5.91 Å². The molecule has 3 aromatic heterocycles. The molecule has 3 N–H and O–H groups in total. The van der Waals surface area contributed by atoms with E-state index in [1.165, 1.54) is 0 Å². The molecule has 2 fully saturated rings. The molecule has 5 rings (SSSR count). The van der Waals surface area contributed by atoms with E-state index in [9.17, 15) is 9.18 Å². The first-order valence-electron chi connectivity index (χ1n) is 10.5. The van der Waals surface area contributed by atoms with Gasteiger partial charge >= 0.3 is 0 Å². The lowest BCUT2D eigenvalue weighted by molar-refractivity contribution is -0.0593. The Morgan fingerprint density at radius 1 is 1.35 bits per heavy atom. The van der Waals surface area contributed by atoms with Gasteiger partial charge in [0.1, 0.15) is 17.6 Å². The zero-order valence-electron chi connectivity index (χ0n) is 17.3. The van der Waals surface area contributed by atoms with Crippen molar-refractivity contribution >= 4 is 17.4 Å². The van der Waals surface area contributed by atoms with Gasteiger partial charge < -0.3 is 20.7 Å². The number of alkyl halides is 1. The molecule has 0 aromatic carbocycles. The van der Waals surface area contributed by atoms with Crippen molar-refractivity contribution in [2.45, 2.75) is 31.1 Å². The quantitative estimate of drug-likeness (QED) is 0.581. The van der Waals surface area contributed by atoms with Gasteiger partial charge in [-0.25, -0.2) is 14.4 Å². The Morgan fingerprint density at radius 2 is 2.23 bits per heavy atom. The second kappa shape index (κ2) is 7.90. The van der Waals surface area contributed by atoms with Gasteiger partial charge in [0.15, 0.2) is 0 Å². The molecule has 0 aliphatic carbocycles. The Hall–Kier alpha value is -3.04. The maximum Gasteiger partial charge on any atom is 0.252 e. The minimum atomic E-state index is -0.902. The number of hydrogen-bond donors (Lipinski definition) is 3. The lowest BCUT2D eigenvalue weighted by atomic mass is 10.00. The van der Waals surface area contributed by atoms with Gasteiger partial charge in [0.05, 0.1) is 42.4 Å². The van der Waals surface area contributed by atoms with Crippen LogP contribution in [-0.4, -0.2) is 64.3 Å². The third-order valence-corrected chi connectivity index (χ3v) is 5.77. The Morgan fingerprint density at radius 3 is 3.00 bits per heavy atom. The molecular formula is C22H25FN6O2. The first kappa shape index (κ1) is 19.9.